The molecule has 3 amide bonds. The third kappa shape index (κ3) is 7.28. The standard InChI is InChI=1S/C28H35N3O5/c1-20(2)31(28(33)29-23-11-8-21(3)9-12-23)19-27(32)30(18-24-7-6-16-36-24)15-14-22-10-13-25(34-4)26(17-22)35-5/h6-13,16-17,20H,14-15,18-19H2,1-5H3,(H,29,33). The van der Waals surface area contributed by atoms with Gasteiger partial charge in [-0.1, -0.05) is 23.8 Å². The molecule has 0 atom stereocenters. The summed E-state index contributed by atoms with van der Waals surface area (Å²) in [6.07, 6.45) is 2.19. The summed E-state index contributed by atoms with van der Waals surface area (Å²) in [5, 5.41) is 2.89. The summed E-state index contributed by atoms with van der Waals surface area (Å²) < 4.78 is 16.2. The second-order valence-electron chi connectivity index (χ2n) is 8.85. The smallest absolute Gasteiger partial charge is 0.322 e. The molecular weight excluding hydrogens is 458 g/mol. The Balaban J connectivity index is 1.72. The number of amides is 3. The summed E-state index contributed by atoms with van der Waals surface area (Å²) in [6, 6.07) is 16.4. The number of ether oxygens (including phenoxy) is 2. The van der Waals surface area contributed by atoms with Gasteiger partial charge in [0.1, 0.15) is 12.3 Å². The highest BCUT2D eigenvalue weighted by Crippen LogP contribution is 2.28. The summed E-state index contributed by atoms with van der Waals surface area (Å²) in [5.74, 6) is 1.80. The molecule has 0 aliphatic heterocycles. The first-order chi connectivity index (χ1) is 17.3. The van der Waals surface area contributed by atoms with E-state index in [-0.39, 0.29) is 24.5 Å². The molecule has 0 aliphatic rings. The minimum absolute atomic E-state index is 0.0536. The minimum atomic E-state index is -0.319. The van der Waals surface area contributed by atoms with Crippen molar-refractivity contribution in [2.24, 2.45) is 0 Å². The van der Waals surface area contributed by atoms with E-state index in [0.29, 0.717) is 42.5 Å². The third-order valence-electron chi connectivity index (χ3n) is 5.89. The van der Waals surface area contributed by atoms with E-state index in [2.05, 4.69) is 5.32 Å². The second kappa shape index (κ2) is 12.7. The molecule has 1 N–H and O–H groups in total. The van der Waals surface area contributed by atoms with E-state index in [4.69, 9.17) is 13.9 Å². The van der Waals surface area contributed by atoms with Gasteiger partial charge in [-0.25, -0.2) is 4.79 Å². The maximum atomic E-state index is 13.4. The van der Waals surface area contributed by atoms with Crippen molar-refractivity contribution in [2.45, 2.75) is 39.8 Å². The molecule has 0 bridgehead atoms. The van der Waals surface area contributed by atoms with Crippen LogP contribution in [-0.4, -0.2) is 55.1 Å². The molecule has 1 heterocycles. The summed E-state index contributed by atoms with van der Waals surface area (Å²) in [4.78, 5) is 29.7. The van der Waals surface area contributed by atoms with Gasteiger partial charge >= 0.3 is 6.03 Å². The van der Waals surface area contributed by atoms with Gasteiger partial charge in [0, 0.05) is 18.3 Å². The lowest BCUT2D eigenvalue weighted by Gasteiger charge is -2.30. The van der Waals surface area contributed by atoms with E-state index < -0.39 is 0 Å². The Hall–Kier alpha value is -3.94. The zero-order valence-corrected chi connectivity index (χ0v) is 21.6. The van der Waals surface area contributed by atoms with Crippen LogP contribution >= 0.6 is 0 Å². The first-order valence-corrected chi connectivity index (χ1v) is 12.0. The zero-order chi connectivity index (χ0) is 26.1. The fraction of sp³-hybridized carbons (Fsp3) is 0.357. The number of hydrogen-bond acceptors (Lipinski definition) is 5. The van der Waals surface area contributed by atoms with Crippen LogP contribution in [0.25, 0.3) is 0 Å². The summed E-state index contributed by atoms with van der Waals surface area (Å²) >= 11 is 0. The van der Waals surface area contributed by atoms with Crippen LogP contribution in [0, 0.1) is 6.92 Å². The van der Waals surface area contributed by atoms with Gasteiger partial charge in [-0.05, 0) is 69.2 Å². The Bertz CT molecular complexity index is 1130. The van der Waals surface area contributed by atoms with Crippen molar-refractivity contribution in [3.63, 3.8) is 0 Å². The van der Waals surface area contributed by atoms with Crippen molar-refractivity contribution in [2.75, 3.05) is 32.6 Å². The van der Waals surface area contributed by atoms with Crippen LogP contribution in [0.5, 0.6) is 11.5 Å². The topological polar surface area (TPSA) is 84.2 Å². The maximum absolute atomic E-state index is 13.4. The summed E-state index contributed by atoms with van der Waals surface area (Å²) in [7, 11) is 3.19. The largest absolute Gasteiger partial charge is 0.493 e. The van der Waals surface area contributed by atoms with E-state index in [1.807, 2.05) is 69.3 Å². The van der Waals surface area contributed by atoms with E-state index >= 15 is 0 Å². The maximum Gasteiger partial charge on any atom is 0.322 e. The Morgan fingerprint density at radius 1 is 1.00 bits per heavy atom. The lowest BCUT2D eigenvalue weighted by atomic mass is 10.1. The van der Waals surface area contributed by atoms with Gasteiger partial charge in [0.25, 0.3) is 0 Å². The van der Waals surface area contributed by atoms with Crippen molar-refractivity contribution in [3.05, 3.63) is 77.7 Å². The predicted molar refractivity (Wildman–Crippen MR) is 139 cm³/mol. The van der Waals surface area contributed by atoms with Crippen molar-refractivity contribution < 1.29 is 23.5 Å². The van der Waals surface area contributed by atoms with E-state index in [1.54, 1.807) is 31.4 Å². The Morgan fingerprint density at radius 2 is 1.72 bits per heavy atom. The van der Waals surface area contributed by atoms with Gasteiger partial charge in [-0.3, -0.25) is 4.79 Å². The molecule has 0 spiro atoms. The molecule has 0 fully saturated rings. The number of methoxy groups -OCH3 is 2. The number of hydrogen-bond donors (Lipinski definition) is 1. The molecule has 0 radical (unpaired) electrons. The van der Waals surface area contributed by atoms with Crippen LogP contribution in [-0.2, 0) is 17.8 Å². The summed E-state index contributed by atoms with van der Waals surface area (Å²) in [6.45, 7) is 6.47. The molecule has 0 unspecified atom stereocenters. The van der Waals surface area contributed by atoms with Gasteiger partial charge in [-0.15, -0.1) is 0 Å². The van der Waals surface area contributed by atoms with Crippen LogP contribution < -0.4 is 14.8 Å². The molecule has 192 valence electrons. The van der Waals surface area contributed by atoms with Gasteiger partial charge in [-0.2, -0.15) is 0 Å². The monoisotopic (exact) mass is 493 g/mol. The first-order valence-electron chi connectivity index (χ1n) is 12.0. The molecule has 3 rings (SSSR count). The van der Waals surface area contributed by atoms with Crippen molar-refractivity contribution >= 4 is 17.6 Å². The number of nitrogens with one attached hydrogen (secondary N) is 1. The predicted octanol–water partition coefficient (Wildman–Crippen LogP) is 5.12. The first kappa shape index (κ1) is 26.7. The highest BCUT2D eigenvalue weighted by atomic mass is 16.5. The van der Waals surface area contributed by atoms with Gasteiger partial charge in [0.15, 0.2) is 11.5 Å². The molecule has 0 aliphatic carbocycles. The molecule has 0 saturated heterocycles. The highest BCUT2D eigenvalue weighted by molar-refractivity contribution is 5.92. The lowest BCUT2D eigenvalue weighted by Crippen LogP contribution is -2.47. The molecule has 2 aromatic carbocycles. The number of anilines is 1. The SMILES string of the molecule is COc1ccc(CCN(Cc2ccco2)C(=O)CN(C(=O)Nc2ccc(C)cc2)C(C)C)cc1OC. The number of furan rings is 1. The number of urea groups is 1. The Labute approximate surface area is 212 Å². The Morgan fingerprint density at radius 3 is 2.33 bits per heavy atom. The van der Waals surface area contributed by atoms with E-state index in [0.717, 1.165) is 11.1 Å². The molecule has 8 heteroatoms. The van der Waals surface area contributed by atoms with Gasteiger partial charge < -0.3 is 29.0 Å². The van der Waals surface area contributed by atoms with E-state index in [9.17, 15) is 9.59 Å². The molecule has 1 aromatic heterocycles. The normalized spacial score (nSPS) is 10.7. The zero-order valence-electron chi connectivity index (χ0n) is 21.6. The second-order valence-corrected chi connectivity index (χ2v) is 8.85. The molecule has 36 heavy (non-hydrogen) atoms. The fourth-order valence-corrected chi connectivity index (χ4v) is 3.75. The van der Waals surface area contributed by atoms with Crippen LogP contribution in [0.1, 0.15) is 30.7 Å². The Kier molecular flexibility index (Phi) is 9.39. The average Bonchev–Trinajstić information content (AvgIpc) is 3.39. The fourth-order valence-electron chi connectivity index (χ4n) is 3.75. The number of carbonyl (C=O) groups excluding carboxylic acids is 2. The number of nitrogens with zero attached hydrogens (tertiary/aromatic N) is 2. The third-order valence-corrected chi connectivity index (χ3v) is 5.89. The lowest BCUT2D eigenvalue weighted by molar-refractivity contribution is -0.133. The number of benzene rings is 2. The highest BCUT2D eigenvalue weighted by Gasteiger charge is 2.24. The van der Waals surface area contributed by atoms with Crippen LogP contribution in [0.15, 0.2) is 65.3 Å². The molecule has 0 saturated carbocycles. The quantitative estimate of drug-likeness (QED) is 0.401. The number of carbonyl (C=O) groups is 2. The molecule has 8 nitrogen and oxygen atoms in total. The van der Waals surface area contributed by atoms with Crippen molar-refractivity contribution in [1.82, 2.24) is 9.80 Å². The average molecular weight is 494 g/mol. The van der Waals surface area contributed by atoms with Crippen molar-refractivity contribution in [3.8, 4) is 11.5 Å². The van der Waals surface area contributed by atoms with Crippen LogP contribution in [0.2, 0.25) is 0 Å². The number of aryl methyl sites for hydroxylation is 1. The summed E-state index contributed by atoms with van der Waals surface area (Å²) in [5.41, 5.74) is 2.79. The molecule has 3 aromatic rings. The molecular formula is C28H35N3O5. The van der Waals surface area contributed by atoms with Gasteiger partial charge in [0.2, 0.25) is 5.91 Å². The van der Waals surface area contributed by atoms with Crippen molar-refractivity contribution in [1.29, 1.82) is 0 Å². The van der Waals surface area contributed by atoms with Crippen LogP contribution in [0.4, 0.5) is 10.5 Å². The number of rotatable bonds is 11. The minimum Gasteiger partial charge on any atom is -0.493 e. The van der Waals surface area contributed by atoms with Gasteiger partial charge in [0.05, 0.1) is 27.0 Å². The van der Waals surface area contributed by atoms with E-state index in [1.165, 1.54) is 4.90 Å². The van der Waals surface area contributed by atoms with Crippen LogP contribution in [0.3, 0.4) is 0 Å².